The molecule has 0 aromatic rings. The molecule has 11 heavy (non-hydrogen) atoms. The van der Waals surface area contributed by atoms with Crippen molar-refractivity contribution >= 4 is 21.0 Å². The fourth-order valence-electron chi connectivity index (χ4n) is 0.500. The van der Waals surface area contributed by atoms with Gasteiger partial charge in [0.15, 0.2) is 0 Å². The summed E-state index contributed by atoms with van der Waals surface area (Å²) in [5.74, 6) is 0. The standard InChI is InChI=1S/C6H14.FH.2H2O.O.Sb/c1-3-5-6-4-2;;;;;/h3-6H2,1-2H3;1H;2*1H2;;/q;;;;;+2/p-2. The molecule has 0 aromatic carbocycles. The Morgan fingerprint density at radius 2 is 1.27 bits per heavy atom. The van der Waals surface area contributed by atoms with E-state index in [1.165, 1.54) is 25.7 Å². The van der Waals surface area contributed by atoms with Gasteiger partial charge in [0.1, 0.15) is 0 Å². The Balaban J connectivity index is -0.000000114. The van der Waals surface area contributed by atoms with Gasteiger partial charge in [0, 0.05) is 0 Å². The number of hydrogen-bond donors (Lipinski definition) is 2. The summed E-state index contributed by atoms with van der Waals surface area (Å²) in [5, 5.41) is 0. The molecule has 0 heterocycles. The van der Waals surface area contributed by atoms with Gasteiger partial charge in [-0.25, -0.2) is 0 Å². The van der Waals surface area contributed by atoms with E-state index in [1.807, 2.05) is 0 Å². The third kappa shape index (κ3) is 62.4. The van der Waals surface area contributed by atoms with Crippen molar-refractivity contribution in [3.8, 4) is 0 Å². The van der Waals surface area contributed by atoms with Crippen LogP contribution in [-0.2, 0) is 3.02 Å². The molecule has 71 valence electrons. The van der Waals surface area contributed by atoms with E-state index in [1.54, 1.807) is 0 Å². The topological polar surface area (TPSA) is 57.5 Å². The van der Waals surface area contributed by atoms with Crippen LogP contribution in [0.4, 0.5) is 4.70 Å². The van der Waals surface area contributed by atoms with E-state index in [0.717, 1.165) is 0 Å². The molecule has 0 atom stereocenters. The molecule has 0 aliphatic carbocycles. The molecule has 0 saturated carbocycles. The van der Waals surface area contributed by atoms with Gasteiger partial charge in [-0.1, -0.05) is 39.5 Å². The first kappa shape index (κ1) is 17.5. The Bertz CT molecular complexity index is 72.2. The van der Waals surface area contributed by atoms with Gasteiger partial charge in [0.2, 0.25) is 0 Å². The van der Waals surface area contributed by atoms with E-state index in [2.05, 4.69) is 13.8 Å². The second-order valence-electron chi connectivity index (χ2n) is 1.96. The molecule has 1 radical (unpaired) electrons. The molecule has 0 aliphatic rings. The number of halogens is 1. The van der Waals surface area contributed by atoms with Crippen molar-refractivity contribution in [2.45, 2.75) is 39.5 Å². The van der Waals surface area contributed by atoms with Crippen molar-refractivity contribution in [1.29, 1.82) is 0 Å². The van der Waals surface area contributed by atoms with Gasteiger partial charge in [-0.3, -0.25) is 4.70 Å². The Labute approximate surface area is 75.3 Å². The monoisotopic (exact) mass is 277 g/mol. The first-order valence-electron chi connectivity index (χ1n) is 3.50. The van der Waals surface area contributed by atoms with Crippen LogP contribution in [0, 0.1) is 0 Å². The molecule has 0 rings (SSSR count). The van der Waals surface area contributed by atoms with Crippen LogP contribution in [0.3, 0.4) is 0 Å². The molecular formula is C6H17FO3Sb. The predicted octanol–water partition coefficient (Wildman–Crippen LogP) is 1.13. The molecule has 3 nitrogen and oxygen atoms in total. The van der Waals surface area contributed by atoms with Crippen LogP contribution in [-0.4, -0.2) is 27.8 Å². The Morgan fingerprint density at radius 3 is 1.36 bits per heavy atom. The van der Waals surface area contributed by atoms with E-state index in [9.17, 15) is 0 Å². The zero-order valence-electron chi connectivity index (χ0n) is 6.99. The number of rotatable bonds is 3. The van der Waals surface area contributed by atoms with E-state index in [-0.39, 0.29) is 4.70 Å². The molecule has 0 bridgehead atoms. The van der Waals surface area contributed by atoms with Crippen LogP contribution in [0.5, 0.6) is 0 Å². The normalized spacial score (nSPS) is 7.27. The molecule has 0 spiro atoms. The van der Waals surface area contributed by atoms with Crippen LogP contribution in [0.15, 0.2) is 0 Å². The van der Waals surface area contributed by atoms with Crippen LogP contribution in [0.2, 0.25) is 0 Å². The van der Waals surface area contributed by atoms with Crippen molar-refractivity contribution in [3.05, 3.63) is 0 Å². The summed E-state index contributed by atoms with van der Waals surface area (Å²) < 4.78 is 23.3. The minimum absolute atomic E-state index is 0. The summed E-state index contributed by atoms with van der Waals surface area (Å²) in [6.45, 7) is 4.46. The van der Waals surface area contributed by atoms with E-state index >= 15 is 0 Å². The van der Waals surface area contributed by atoms with Crippen molar-refractivity contribution in [3.63, 3.8) is 0 Å². The zero-order chi connectivity index (χ0) is 8.41. The summed E-state index contributed by atoms with van der Waals surface area (Å²) in [6.07, 6.45) is 5.54. The fraction of sp³-hybridized carbons (Fsp3) is 1.00. The van der Waals surface area contributed by atoms with Gasteiger partial charge >= 0.3 is 30.8 Å². The summed E-state index contributed by atoms with van der Waals surface area (Å²) in [7, 11) is 0. The predicted molar refractivity (Wildman–Crippen MR) is 43.2 cm³/mol. The summed E-state index contributed by atoms with van der Waals surface area (Å²) in [4.78, 5) is 0. The Hall–Kier alpha value is 0.468. The van der Waals surface area contributed by atoms with Crippen molar-refractivity contribution in [2.24, 2.45) is 0 Å². The summed E-state index contributed by atoms with van der Waals surface area (Å²) in [5.41, 5.74) is 0. The average Bonchev–Trinajstić information content (AvgIpc) is 1.82. The van der Waals surface area contributed by atoms with Crippen LogP contribution in [0.25, 0.3) is 0 Å². The van der Waals surface area contributed by atoms with Crippen LogP contribution in [0.1, 0.15) is 39.5 Å². The van der Waals surface area contributed by atoms with Gasteiger partial charge < -0.3 is 0 Å². The van der Waals surface area contributed by atoms with Crippen LogP contribution >= 0.6 is 0 Å². The maximum absolute atomic E-state index is 8.82. The molecule has 5 heteroatoms. The zero-order valence-corrected chi connectivity index (χ0v) is 9.54. The molecule has 0 aromatic heterocycles. The molecule has 0 amide bonds. The van der Waals surface area contributed by atoms with Gasteiger partial charge in [-0.2, -0.15) is 0 Å². The second kappa shape index (κ2) is 16.8. The quantitative estimate of drug-likeness (QED) is 0.601. The third-order valence-electron chi connectivity index (χ3n) is 0.957. The second-order valence-corrected chi connectivity index (χ2v) is 3.40. The van der Waals surface area contributed by atoms with Gasteiger partial charge in [-0.05, 0) is 0 Å². The molecule has 0 unspecified atom stereocenters. The van der Waals surface area contributed by atoms with Crippen molar-refractivity contribution in [2.75, 3.05) is 0 Å². The van der Waals surface area contributed by atoms with Crippen molar-refractivity contribution < 1.29 is 14.5 Å². The fourth-order valence-corrected chi connectivity index (χ4v) is 0.500. The van der Waals surface area contributed by atoms with E-state index in [4.69, 9.17) is 9.79 Å². The Kier molecular flexibility index (Phi) is 26.8. The summed E-state index contributed by atoms with van der Waals surface area (Å²) >= 11 is -3.70. The Morgan fingerprint density at radius 1 is 1.09 bits per heavy atom. The molecule has 0 saturated heterocycles. The van der Waals surface area contributed by atoms with Crippen molar-refractivity contribution in [1.82, 2.24) is 0 Å². The van der Waals surface area contributed by atoms with E-state index < -0.39 is 21.0 Å². The molecule has 0 fully saturated rings. The molecular weight excluding hydrogens is 261 g/mol. The maximum atomic E-state index is 8.82. The first-order chi connectivity index (χ1) is 4.65. The van der Waals surface area contributed by atoms with Crippen LogP contribution < -0.4 is 0 Å². The molecule has 0 aliphatic heterocycles. The third-order valence-corrected chi connectivity index (χ3v) is 0.957. The summed E-state index contributed by atoms with van der Waals surface area (Å²) in [6, 6.07) is 0. The SMILES string of the molecule is CCCCCC.F.[O]=[Sb]([OH])[OH]. The van der Waals surface area contributed by atoms with E-state index in [0.29, 0.717) is 0 Å². The average molecular weight is 278 g/mol. The number of hydrogen-bond acceptors (Lipinski definition) is 1. The van der Waals surface area contributed by atoms with Gasteiger partial charge in [-0.15, -0.1) is 0 Å². The van der Waals surface area contributed by atoms with Gasteiger partial charge in [0.25, 0.3) is 0 Å². The van der Waals surface area contributed by atoms with Gasteiger partial charge in [0.05, 0.1) is 0 Å². The molecule has 2 N–H and O–H groups in total. The number of unbranched alkanes of at least 4 members (excludes halogenated alkanes) is 3. The first-order valence-corrected chi connectivity index (χ1v) is 6.82. The minimum atomic E-state index is -3.70.